The van der Waals surface area contributed by atoms with E-state index in [1.54, 1.807) is 25.1 Å². The first-order valence-electron chi connectivity index (χ1n) is 8.88. The molecule has 7 nitrogen and oxygen atoms in total. The number of nitrogens with two attached hydrogens (primary N) is 1. The number of carbonyl (C=O) groups is 2. The minimum absolute atomic E-state index is 0.0760. The first kappa shape index (κ1) is 18.8. The van der Waals surface area contributed by atoms with Gasteiger partial charge < -0.3 is 15.2 Å². The summed E-state index contributed by atoms with van der Waals surface area (Å²) in [5.74, 6) is -0.0640. The predicted molar refractivity (Wildman–Crippen MR) is 101 cm³/mol. The molecule has 0 aliphatic carbocycles. The molecule has 1 aromatic carbocycles. The van der Waals surface area contributed by atoms with Crippen molar-refractivity contribution in [3.8, 4) is 5.75 Å². The summed E-state index contributed by atoms with van der Waals surface area (Å²) in [5.41, 5.74) is 8.50. The van der Waals surface area contributed by atoms with Crippen LogP contribution >= 0.6 is 0 Å². The Labute approximate surface area is 157 Å². The van der Waals surface area contributed by atoms with Gasteiger partial charge in [-0.05, 0) is 50.5 Å². The molecule has 27 heavy (non-hydrogen) atoms. The smallest absolute Gasteiger partial charge is 0.410 e. The number of primary amides is 1. The van der Waals surface area contributed by atoms with E-state index in [0.717, 1.165) is 18.4 Å². The predicted octanol–water partition coefficient (Wildman–Crippen LogP) is 3.30. The molecule has 2 heterocycles. The highest BCUT2D eigenvalue weighted by molar-refractivity contribution is 5.94. The summed E-state index contributed by atoms with van der Waals surface area (Å²) >= 11 is 0. The summed E-state index contributed by atoms with van der Waals surface area (Å²) in [6.07, 6.45) is 0.909. The highest BCUT2D eigenvalue weighted by Gasteiger charge is 2.24. The number of benzene rings is 1. The minimum atomic E-state index is -0.611. The summed E-state index contributed by atoms with van der Waals surface area (Å²) in [6, 6.07) is 8.91. The van der Waals surface area contributed by atoms with E-state index < -0.39 is 12.0 Å². The number of nitrogens with zero attached hydrogens (tertiary/aromatic N) is 1. The molecular formula is C20H23N3O4. The molecule has 1 saturated heterocycles. The van der Waals surface area contributed by atoms with Gasteiger partial charge in [0, 0.05) is 19.1 Å². The fourth-order valence-corrected chi connectivity index (χ4v) is 3.11. The number of nitrogens with one attached hydrogen (secondary N) is 1. The van der Waals surface area contributed by atoms with Crippen LogP contribution in [0.4, 0.5) is 10.5 Å². The molecule has 0 radical (unpaired) electrons. The van der Waals surface area contributed by atoms with Crippen molar-refractivity contribution >= 4 is 17.7 Å². The van der Waals surface area contributed by atoms with Gasteiger partial charge in [-0.1, -0.05) is 17.7 Å². The van der Waals surface area contributed by atoms with Crippen molar-refractivity contribution in [1.29, 1.82) is 0 Å². The second-order valence-corrected chi connectivity index (χ2v) is 6.67. The quantitative estimate of drug-likeness (QED) is 0.860. The Hall–Kier alpha value is -2.93. The molecule has 3 N–H and O–H groups in total. The van der Waals surface area contributed by atoms with Crippen LogP contribution in [-0.4, -0.2) is 30.2 Å². The molecule has 1 aromatic heterocycles. The Kier molecular flexibility index (Phi) is 5.71. The minimum Gasteiger partial charge on any atom is -0.410 e. The summed E-state index contributed by atoms with van der Waals surface area (Å²) < 4.78 is 10.7. The summed E-state index contributed by atoms with van der Waals surface area (Å²) in [5, 5.41) is 2.76. The average molecular weight is 369 g/mol. The van der Waals surface area contributed by atoms with Gasteiger partial charge in [0.1, 0.15) is 11.4 Å². The average Bonchev–Trinajstić information content (AvgIpc) is 2.64. The zero-order chi connectivity index (χ0) is 19.4. The molecule has 2 amide bonds. The third-order valence-corrected chi connectivity index (χ3v) is 4.55. The van der Waals surface area contributed by atoms with Gasteiger partial charge in [0.2, 0.25) is 0 Å². The maximum atomic E-state index is 12.4. The van der Waals surface area contributed by atoms with Crippen molar-refractivity contribution < 1.29 is 19.1 Å². The van der Waals surface area contributed by atoms with Crippen LogP contribution < -0.4 is 15.8 Å². The molecule has 142 valence electrons. The van der Waals surface area contributed by atoms with Crippen LogP contribution in [0.15, 0.2) is 30.3 Å². The van der Waals surface area contributed by atoms with Crippen molar-refractivity contribution in [2.24, 2.45) is 5.73 Å². The van der Waals surface area contributed by atoms with E-state index in [1.165, 1.54) is 0 Å². The molecule has 1 fully saturated rings. The van der Waals surface area contributed by atoms with Gasteiger partial charge in [0.15, 0.2) is 0 Å². The molecule has 0 spiro atoms. The Balaban J connectivity index is 1.85. The first-order valence-corrected chi connectivity index (χ1v) is 8.88. The van der Waals surface area contributed by atoms with Crippen molar-refractivity contribution in [3.05, 3.63) is 52.8 Å². The molecule has 0 atom stereocenters. The second kappa shape index (κ2) is 8.18. The standard InChI is InChI=1S/C20H23N3O4/c1-12-3-5-15(6-4-12)27-20(25)22-16-11-13(2)17(19(21)24)23-18(16)14-7-9-26-10-8-14/h3-6,11,14H,7-10H2,1-2H3,(H2,21,24)(H,22,25). The van der Waals surface area contributed by atoms with Gasteiger partial charge in [0.25, 0.3) is 5.91 Å². The van der Waals surface area contributed by atoms with Crippen LogP contribution in [0.1, 0.15) is 46.1 Å². The van der Waals surface area contributed by atoms with E-state index in [0.29, 0.717) is 35.9 Å². The molecule has 1 aliphatic rings. The third kappa shape index (κ3) is 4.62. The molecule has 7 heteroatoms. The van der Waals surface area contributed by atoms with Gasteiger partial charge >= 0.3 is 6.09 Å². The van der Waals surface area contributed by atoms with Crippen molar-refractivity contribution in [2.45, 2.75) is 32.6 Å². The fourth-order valence-electron chi connectivity index (χ4n) is 3.11. The maximum Gasteiger partial charge on any atom is 0.417 e. The first-order chi connectivity index (χ1) is 12.9. The molecule has 0 unspecified atom stereocenters. The Bertz CT molecular complexity index is 843. The fraction of sp³-hybridized carbons (Fsp3) is 0.350. The van der Waals surface area contributed by atoms with E-state index in [9.17, 15) is 9.59 Å². The molecule has 0 saturated carbocycles. The lowest BCUT2D eigenvalue weighted by molar-refractivity contribution is 0.0845. The maximum absolute atomic E-state index is 12.4. The number of pyridine rings is 1. The van der Waals surface area contributed by atoms with Gasteiger partial charge in [-0.2, -0.15) is 0 Å². The lowest BCUT2D eigenvalue weighted by Crippen LogP contribution is -2.24. The van der Waals surface area contributed by atoms with Gasteiger partial charge in [-0.3, -0.25) is 10.1 Å². The number of amides is 2. The van der Waals surface area contributed by atoms with Crippen molar-refractivity contribution in [1.82, 2.24) is 4.98 Å². The lowest BCUT2D eigenvalue weighted by Gasteiger charge is -2.24. The molecule has 0 bridgehead atoms. The number of aromatic nitrogens is 1. The monoisotopic (exact) mass is 369 g/mol. The van der Waals surface area contributed by atoms with E-state index in [2.05, 4.69) is 10.3 Å². The summed E-state index contributed by atoms with van der Waals surface area (Å²) in [4.78, 5) is 28.5. The number of carbonyl (C=O) groups excluding carboxylic acids is 2. The number of aryl methyl sites for hydroxylation is 2. The van der Waals surface area contributed by atoms with Crippen LogP contribution in [0.25, 0.3) is 0 Å². The number of anilines is 1. The van der Waals surface area contributed by atoms with Gasteiger partial charge in [-0.15, -0.1) is 0 Å². The lowest BCUT2D eigenvalue weighted by atomic mass is 9.93. The van der Waals surface area contributed by atoms with E-state index >= 15 is 0 Å². The topological polar surface area (TPSA) is 104 Å². The van der Waals surface area contributed by atoms with Crippen LogP contribution in [0, 0.1) is 13.8 Å². The second-order valence-electron chi connectivity index (χ2n) is 6.67. The third-order valence-electron chi connectivity index (χ3n) is 4.55. The highest BCUT2D eigenvalue weighted by atomic mass is 16.6. The molecule has 1 aliphatic heterocycles. The van der Waals surface area contributed by atoms with Gasteiger partial charge in [0.05, 0.1) is 11.4 Å². The Morgan fingerprint density at radius 2 is 1.85 bits per heavy atom. The Morgan fingerprint density at radius 1 is 1.19 bits per heavy atom. The van der Waals surface area contributed by atoms with E-state index in [1.807, 2.05) is 19.1 Å². The number of ether oxygens (including phenoxy) is 2. The number of hydrogen-bond acceptors (Lipinski definition) is 5. The SMILES string of the molecule is Cc1ccc(OC(=O)Nc2cc(C)c(C(N)=O)nc2C2CCOCC2)cc1. The number of rotatable bonds is 4. The van der Waals surface area contributed by atoms with Crippen LogP contribution in [0.3, 0.4) is 0 Å². The molecular weight excluding hydrogens is 346 g/mol. The van der Waals surface area contributed by atoms with Crippen molar-refractivity contribution in [2.75, 3.05) is 18.5 Å². The summed E-state index contributed by atoms with van der Waals surface area (Å²) in [7, 11) is 0. The summed E-state index contributed by atoms with van der Waals surface area (Å²) in [6.45, 7) is 4.91. The largest absolute Gasteiger partial charge is 0.417 e. The van der Waals surface area contributed by atoms with Crippen LogP contribution in [0.5, 0.6) is 5.75 Å². The molecule has 3 rings (SSSR count). The zero-order valence-corrected chi connectivity index (χ0v) is 15.5. The van der Waals surface area contributed by atoms with Crippen LogP contribution in [0.2, 0.25) is 0 Å². The van der Waals surface area contributed by atoms with E-state index in [4.69, 9.17) is 15.2 Å². The van der Waals surface area contributed by atoms with Crippen LogP contribution in [-0.2, 0) is 4.74 Å². The van der Waals surface area contributed by atoms with Gasteiger partial charge in [-0.25, -0.2) is 9.78 Å². The molecule has 2 aromatic rings. The zero-order valence-electron chi connectivity index (χ0n) is 15.5. The highest BCUT2D eigenvalue weighted by Crippen LogP contribution is 2.32. The number of hydrogen-bond donors (Lipinski definition) is 2. The Morgan fingerprint density at radius 3 is 2.48 bits per heavy atom. The van der Waals surface area contributed by atoms with E-state index in [-0.39, 0.29) is 11.6 Å². The van der Waals surface area contributed by atoms with Crippen molar-refractivity contribution in [3.63, 3.8) is 0 Å². The normalized spacial score (nSPS) is 14.6.